The van der Waals surface area contributed by atoms with Crippen LogP contribution in [0.4, 0.5) is 0 Å². The van der Waals surface area contributed by atoms with Gasteiger partial charge in [-0.2, -0.15) is 0 Å². The van der Waals surface area contributed by atoms with Crippen molar-refractivity contribution >= 4 is 27.2 Å². The van der Waals surface area contributed by atoms with Crippen LogP contribution < -0.4 is 5.73 Å². The highest BCUT2D eigenvalue weighted by atomic mass is 32.2. The van der Waals surface area contributed by atoms with Gasteiger partial charge in [0.1, 0.15) is 0 Å². The van der Waals surface area contributed by atoms with Gasteiger partial charge in [-0.05, 0) is 48.2 Å². The van der Waals surface area contributed by atoms with Crippen molar-refractivity contribution in [1.82, 2.24) is 4.31 Å². The van der Waals surface area contributed by atoms with E-state index in [1.54, 1.807) is 6.20 Å². The molecule has 1 aliphatic heterocycles. The second kappa shape index (κ2) is 7.96. The number of carbonyl (C=O) groups is 2. The normalized spacial score (nSPS) is 34.4. The predicted octanol–water partition coefficient (Wildman–Crippen LogP) is 2.77. The van der Waals surface area contributed by atoms with E-state index in [1.807, 2.05) is 30.3 Å². The van der Waals surface area contributed by atoms with Crippen LogP contribution in [0.15, 0.2) is 48.2 Å². The molecule has 5 rings (SSSR count). The molecule has 0 saturated heterocycles. The molecule has 4 aliphatic rings. The molecule has 0 aromatic heterocycles. The molecule has 0 radical (unpaired) electrons. The van der Waals surface area contributed by atoms with Crippen molar-refractivity contribution in [2.45, 2.75) is 38.6 Å². The summed E-state index contributed by atoms with van der Waals surface area (Å²) >= 11 is 0. The zero-order chi connectivity index (χ0) is 22.6. The molecule has 170 valence electrons. The number of nitrogens with two attached hydrogens (primary N) is 1. The third kappa shape index (κ3) is 3.20. The van der Waals surface area contributed by atoms with Crippen LogP contribution in [0.25, 0.3) is 5.57 Å². The Morgan fingerprint density at radius 3 is 2.56 bits per heavy atom. The molecular weight excluding hydrogens is 424 g/mol. The summed E-state index contributed by atoms with van der Waals surface area (Å²) in [7, 11) is -3.71. The largest absolute Gasteiger partial charge is 0.329 e. The summed E-state index contributed by atoms with van der Waals surface area (Å²) in [6, 6.07) is 8.77. The van der Waals surface area contributed by atoms with Gasteiger partial charge in [0.25, 0.3) is 0 Å². The second-order valence-corrected chi connectivity index (χ2v) is 11.6. The average Bonchev–Trinajstić information content (AvgIpc) is 3.20. The van der Waals surface area contributed by atoms with Crippen molar-refractivity contribution in [1.29, 1.82) is 0 Å². The highest BCUT2D eigenvalue weighted by Crippen LogP contribution is 2.54. The minimum absolute atomic E-state index is 0.00981. The molecule has 1 aromatic carbocycles. The van der Waals surface area contributed by atoms with E-state index in [1.165, 1.54) is 9.88 Å². The van der Waals surface area contributed by atoms with E-state index < -0.39 is 33.7 Å². The molecule has 7 heteroatoms. The van der Waals surface area contributed by atoms with Crippen LogP contribution in [0.1, 0.15) is 38.2 Å². The second-order valence-electron chi connectivity index (χ2n) is 9.65. The maximum atomic E-state index is 13.6. The molecule has 6 unspecified atom stereocenters. The first-order valence-corrected chi connectivity index (χ1v) is 13.2. The van der Waals surface area contributed by atoms with Crippen molar-refractivity contribution in [2.24, 2.45) is 35.3 Å². The Bertz CT molecular complexity index is 1110. The molecule has 2 N–H and O–H groups in total. The number of fused-ring (bicyclic) bond motifs is 5. The lowest BCUT2D eigenvalue weighted by atomic mass is 9.56. The number of nitrogens with zero attached hydrogens (tertiary/aromatic N) is 1. The molecule has 6 nitrogen and oxygen atoms in total. The summed E-state index contributed by atoms with van der Waals surface area (Å²) in [5, 5.41) is 0. The van der Waals surface area contributed by atoms with Crippen molar-refractivity contribution in [3.63, 3.8) is 0 Å². The molecule has 32 heavy (non-hydrogen) atoms. The Balaban J connectivity index is 1.64. The topological polar surface area (TPSA) is 97.5 Å². The average molecular weight is 455 g/mol. The van der Waals surface area contributed by atoms with E-state index in [9.17, 15) is 18.0 Å². The van der Waals surface area contributed by atoms with E-state index in [2.05, 4.69) is 13.0 Å². The van der Waals surface area contributed by atoms with Gasteiger partial charge in [-0.15, -0.1) is 0 Å². The molecule has 1 aromatic rings. The smallest absolute Gasteiger partial charge is 0.236 e. The fourth-order valence-corrected chi connectivity index (χ4v) is 8.05. The van der Waals surface area contributed by atoms with E-state index in [4.69, 9.17) is 5.73 Å². The lowest BCUT2D eigenvalue weighted by molar-refractivity contribution is -0.148. The van der Waals surface area contributed by atoms with Crippen LogP contribution in [0, 0.1) is 29.6 Å². The van der Waals surface area contributed by atoms with Gasteiger partial charge in [0.15, 0.2) is 0 Å². The molecule has 6 atom stereocenters. The van der Waals surface area contributed by atoms with E-state index in [-0.39, 0.29) is 29.9 Å². The highest BCUT2D eigenvalue weighted by Gasteiger charge is 2.59. The fourth-order valence-electron chi connectivity index (χ4n) is 6.62. The van der Waals surface area contributed by atoms with Gasteiger partial charge in [0.2, 0.25) is 21.6 Å². The van der Waals surface area contributed by atoms with Crippen LogP contribution in [-0.2, 0) is 19.6 Å². The van der Waals surface area contributed by atoms with Crippen molar-refractivity contribution in [2.75, 3.05) is 12.3 Å². The van der Waals surface area contributed by atoms with Crippen molar-refractivity contribution in [3.8, 4) is 0 Å². The molecule has 0 spiro atoms. The minimum atomic E-state index is -3.71. The number of rotatable bonds is 4. The summed E-state index contributed by atoms with van der Waals surface area (Å²) in [4.78, 5) is 27.1. The quantitative estimate of drug-likeness (QED) is 0.557. The molecule has 2 saturated carbocycles. The van der Waals surface area contributed by atoms with Gasteiger partial charge in [-0.25, -0.2) is 8.42 Å². The van der Waals surface area contributed by atoms with E-state index in [0.717, 1.165) is 24.8 Å². The molecule has 0 bridgehead atoms. The summed E-state index contributed by atoms with van der Waals surface area (Å²) in [5.41, 5.74) is 8.32. The fraction of sp³-hybridized carbons (Fsp3) is 0.520. The number of hydrogen-bond donors (Lipinski definition) is 1. The molecular formula is C25H30N2O4S. The zero-order valence-electron chi connectivity index (χ0n) is 18.3. The molecule has 3 aliphatic carbocycles. The van der Waals surface area contributed by atoms with Crippen LogP contribution in [0.5, 0.6) is 0 Å². The van der Waals surface area contributed by atoms with Crippen molar-refractivity contribution in [3.05, 3.63) is 53.7 Å². The Labute approximate surface area is 189 Å². The first-order chi connectivity index (χ1) is 15.3. The number of ketones is 2. The predicted molar refractivity (Wildman–Crippen MR) is 123 cm³/mol. The Morgan fingerprint density at radius 2 is 1.84 bits per heavy atom. The van der Waals surface area contributed by atoms with Crippen molar-refractivity contribution < 1.29 is 18.0 Å². The van der Waals surface area contributed by atoms with Crippen LogP contribution in [-0.4, -0.2) is 42.6 Å². The van der Waals surface area contributed by atoms with E-state index >= 15 is 0 Å². The zero-order valence-corrected chi connectivity index (χ0v) is 19.1. The Kier molecular flexibility index (Phi) is 5.37. The number of Topliss-reactive ketones (excluding diaryl/α,β-unsaturated/α-hetero) is 2. The number of carbonyl (C=O) groups excluding carboxylic acids is 2. The number of hydrogen-bond acceptors (Lipinski definition) is 5. The van der Waals surface area contributed by atoms with E-state index in [0.29, 0.717) is 17.9 Å². The van der Waals surface area contributed by atoms with Gasteiger partial charge >= 0.3 is 0 Å². The lowest BCUT2D eigenvalue weighted by Gasteiger charge is -2.49. The highest BCUT2D eigenvalue weighted by molar-refractivity contribution is 7.89. The Morgan fingerprint density at radius 1 is 1.09 bits per heavy atom. The molecule has 0 amide bonds. The van der Waals surface area contributed by atoms with Gasteiger partial charge in [-0.3, -0.25) is 13.9 Å². The van der Waals surface area contributed by atoms with Gasteiger partial charge in [0.05, 0.1) is 17.7 Å². The molecule has 1 heterocycles. The summed E-state index contributed by atoms with van der Waals surface area (Å²) in [6.45, 7) is 2.20. The first kappa shape index (κ1) is 21.6. The third-order valence-electron chi connectivity index (χ3n) is 7.98. The van der Waals surface area contributed by atoms with Gasteiger partial charge < -0.3 is 5.73 Å². The van der Waals surface area contributed by atoms with Crippen LogP contribution >= 0.6 is 0 Å². The standard InChI is InChI=1S/C25H30N2O4S/c1-15-6-5-9-18-17(15)10-11-19-21(18)24(28)25(29)22-20(16-7-3-2-4-8-16)14-27(23(19)22)32(30,31)13-12-26/h2-4,7-8,10,14-15,18-19,21-23H,5-6,9,11-13,26H2,1H3. The van der Waals surface area contributed by atoms with Crippen LogP contribution in [0.3, 0.4) is 0 Å². The maximum absolute atomic E-state index is 13.6. The molecule has 2 fully saturated rings. The monoisotopic (exact) mass is 454 g/mol. The number of allylic oxidation sites excluding steroid dienone is 2. The Hall–Kier alpha value is -2.25. The summed E-state index contributed by atoms with van der Waals surface area (Å²) in [5.74, 6) is -1.84. The summed E-state index contributed by atoms with van der Waals surface area (Å²) in [6.07, 6.45) is 7.50. The number of benzene rings is 1. The van der Waals surface area contributed by atoms with Gasteiger partial charge in [-0.1, -0.05) is 55.3 Å². The lowest BCUT2D eigenvalue weighted by Crippen LogP contribution is -2.58. The minimum Gasteiger partial charge on any atom is -0.329 e. The SMILES string of the molecule is CC1CCCC2C1=CCC1C2C(=O)C(=O)C2C(c3ccccc3)=CN(S(=O)(=O)CCN)C21. The summed E-state index contributed by atoms with van der Waals surface area (Å²) < 4.78 is 27.9. The van der Waals surface area contributed by atoms with Crippen LogP contribution in [0.2, 0.25) is 0 Å². The van der Waals surface area contributed by atoms with Gasteiger partial charge in [0, 0.05) is 18.7 Å². The first-order valence-electron chi connectivity index (χ1n) is 11.6. The third-order valence-corrected chi connectivity index (χ3v) is 9.72. The number of sulfonamides is 1. The maximum Gasteiger partial charge on any atom is 0.236 e.